The molecule has 10 heteroatoms. The molecule has 0 bridgehead atoms. The van der Waals surface area contributed by atoms with Crippen LogP contribution in [0.15, 0.2) is 36.5 Å². The first-order chi connectivity index (χ1) is 37.0. The number of ether oxygens (including phenoxy) is 2. The maximum Gasteiger partial charge on any atom is 0.306 e. The lowest BCUT2D eigenvalue weighted by molar-refractivity contribution is -0.870. The molecule has 0 rings (SSSR count). The van der Waals surface area contributed by atoms with Gasteiger partial charge in [0.1, 0.15) is 19.8 Å². The maximum atomic E-state index is 12.8. The second kappa shape index (κ2) is 57.9. The molecule has 448 valence electrons. The van der Waals surface area contributed by atoms with Gasteiger partial charge in [-0.3, -0.25) is 14.2 Å². The highest BCUT2D eigenvalue weighted by Crippen LogP contribution is 2.38. The zero-order chi connectivity index (χ0) is 55.6. The van der Waals surface area contributed by atoms with Crippen molar-refractivity contribution in [1.82, 2.24) is 0 Å². The molecule has 0 radical (unpaired) electrons. The van der Waals surface area contributed by atoms with Crippen LogP contribution in [0.3, 0.4) is 0 Å². The largest absolute Gasteiger partial charge is 0.756 e. The Morgan fingerprint density at radius 2 is 0.711 bits per heavy atom. The van der Waals surface area contributed by atoms with E-state index in [2.05, 4.69) is 50.3 Å². The highest BCUT2D eigenvalue weighted by atomic mass is 31.2. The van der Waals surface area contributed by atoms with Crippen LogP contribution in [-0.4, -0.2) is 70.0 Å². The van der Waals surface area contributed by atoms with Crippen LogP contribution < -0.4 is 4.89 Å². The lowest BCUT2D eigenvalue weighted by Crippen LogP contribution is -2.37. The lowest BCUT2D eigenvalue weighted by atomic mass is 10.0. The first-order valence-electron chi connectivity index (χ1n) is 32.7. The van der Waals surface area contributed by atoms with Crippen molar-refractivity contribution < 1.29 is 42.1 Å². The third kappa shape index (κ3) is 61.4. The maximum absolute atomic E-state index is 12.8. The van der Waals surface area contributed by atoms with Crippen LogP contribution in [0.1, 0.15) is 322 Å². The molecule has 76 heavy (non-hydrogen) atoms. The molecule has 0 saturated heterocycles. The fraction of sp³-hybridized carbons (Fsp3) is 0.879. The molecule has 2 atom stereocenters. The Morgan fingerprint density at radius 1 is 0.408 bits per heavy atom. The van der Waals surface area contributed by atoms with E-state index in [-0.39, 0.29) is 32.0 Å². The van der Waals surface area contributed by atoms with Crippen LogP contribution in [0.5, 0.6) is 0 Å². The fourth-order valence-electron chi connectivity index (χ4n) is 9.61. The van der Waals surface area contributed by atoms with Crippen molar-refractivity contribution in [3.8, 4) is 0 Å². The molecule has 0 aliphatic carbocycles. The van der Waals surface area contributed by atoms with Crippen LogP contribution in [0.25, 0.3) is 0 Å². The van der Waals surface area contributed by atoms with Crippen LogP contribution in [0.4, 0.5) is 0 Å². The molecule has 0 aliphatic rings. The number of esters is 2. The van der Waals surface area contributed by atoms with Gasteiger partial charge in [0.15, 0.2) is 6.10 Å². The van der Waals surface area contributed by atoms with Crippen LogP contribution in [0.2, 0.25) is 0 Å². The summed E-state index contributed by atoms with van der Waals surface area (Å²) < 4.78 is 34.3. The molecule has 0 amide bonds. The normalized spacial score (nSPS) is 13.4. The van der Waals surface area contributed by atoms with E-state index in [1.807, 2.05) is 21.1 Å². The van der Waals surface area contributed by atoms with Crippen LogP contribution in [-0.2, 0) is 32.7 Å². The van der Waals surface area contributed by atoms with E-state index in [1.165, 1.54) is 244 Å². The average Bonchev–Trinajstić information content (AvgIpc) is 3.38. The monoisotopic (exact) mass is 1090 g/mol. The number of carbonyl (C=O) groups excluding carboxylic acids is 2. The number of allylic oxidation sites excluding steroid dienone is 6. The van der Waals surface area contributed by atoms with Crippen molar-refractivity contribution >= 4 is 19.8 Å². The second-order valence-corrected chi connectivity index (χ2v) is 24.9. The Bertz CT molecular complexity index is 1380. The number of phosphoric ester groups is 1. The van der Waals surface area contributed by atoms with Gasteiger partial charge in [0.05, 0.1) is 27.7 Å². The number of unbranched alkanes of at least 4 members (excludes halogenated alkanes) is 41. The molecule has 0 aliphatic heterocycles. The quantitative estimate of drug-likeness (QED) is 0.0195. The Kier molecular flexibility index (Phi) is 56.6. The van der Waals surface area contributed by atoms with Gasteiger partial charge in [-0.1, -0.05) is 294 Å². The van der Waals surface area contributed by atoms with Crippen molar-refractivity contribution in [3.63, 3.8) is 0 Å². The molecule has 0 aromatic rings. The molecule has 0 aromatic carbocycles. The Balaban J connectivity index is 4.01. The summed E-state index contributed by atoms with van der Waals surface area (Å²) in [6, 6.07) is 0. The van der Waals surface area contributed by atoms with Crippen molar-refractivity contribution in [2.45, 2.75) is 328 Å². The Labute approximate surface area is 471 Å². The van der Waals surface area contributed by atoms with Crippen molar-refractivity contribution in [1.29, 1.82) is 0 Å². The number of phosphoric acid groups is 1. The van der Waals surface area contributed by atoms with Gasteiger partial charge in [-0.05, 0) is 51.4 Å². The SMILES string of the molecule is CCCCCCC/C=C\C/C=C\C/C=C\CCCCCCCCCCCCCCCCCCCCC(=O)OC(COC(=O)CCCCCCCCCCCCCCCCCCCCC)COP(=O)([O-])OCC[N+](C)(C)C. The molecular weight excluding hydrogens is 966 g/mol. The summed E-state index contributed by atoms with van der Waals surface area (Å²) in [5.41, 5.74) is 0. The minimum atomic E-state index is -4.63. The van der Waals surface area contributed by atoms with E-state index >= 15 is 0 Å². The molecule has 0 N–H and O–H groups in total. The molecule has 0 fully saturated rings. The number of quaternary nitrogens is 1. The van der Waals surface area contributed by atoms with E-state index in [4.69, 9.17) is 18.5 Å². The smallest absolute Gasteiger partial charge is 0.306 e. The highest BCUT2D eigenvalue weighted by Gasteiger charge is 2.22. The first kappa shape index (κ1) is 74.2. The molecule has 0 heterocycles. The third-order valence-electron chi connectivity index (χ3n) is 14.7. The van der Waals surface area contributed by atoms with Gasteiger partial charge in [0.2, 0.25) is 0 Å². The fourth-order valence-corrected chi connectivity index (χ4v) is 10.3. The summed E-state index contributed by atoms with van der Waals surface area (Å²) in [6.07, 6.45) is 72.1. The summed E-state index contributed by atoms with van der Waals surface area (Å²) in [6.45, 7) is 4.29. The number of nitrogens with zero attached hydrogens (tertiary/aromatic N) is 1. The molecule has 2 unspecified atom stereocenters. The summed E-state index contributed by atoms with van der Waals surface area (Å²) in [5.74, 6) is -0.814. The van der Waals surface area contributed by atoms with E-state index in [9.17, 15) is 19.0 Å². The van der Waals surface area contributed by atoms with Gasteiger partial charge in [0, 0.05) is 12.8 Å². The summed E-state index contributed by atoms with van der Waals surface area (Å²) in [4.78, 5) is 38.0. The Hall–Kier alpha value is -1.77. The van der Waals surface area contributed by atoms with Gasteiger partial charge in [-0.15, -0.1) is 0 Å². The minimum absolute atomic E-state index is 0.0278. The van der Waals surface area contributed by atoms with Crippen LogP contribution in [0, 0.1) is 0 Å². The molecule has 0 spiro atoms. The van der Waals surface area contributed by atoms with Gasteiger partial charge in [-0.25, -0.2) is 0 Å². The van der Waals surface area contributed by atoms with Gasteiger partial charge in [-0.2, -0.15) is 0 Å². The molecule has 9 nitrogen and oxygen atoms in total. The summed E-state index contributed by atoms with van der Waals surface area (Å²) in [5, 5.41) is 0. The van der Waals surface area contributed by atoms with Crippen molar-refractivity contribution in [2.75, 3.05) is 47.5 Å². The summed E-state index contributed by atoms with van der Waals surface area (Å²) >= 11 is 0. The zero-order valence-electron chi connectivity index (χ0n) is 51.0. The molecular formula is C66H126NO8P. The third-order valence-corrected chi connectivity index (χ3v) is 15.6. The van der Waals surface area contributed by atoms with Gasteiger partial charge >= 0.3 is 11.9 Å². The topological polar surface area (TPSA) is 111 Å². The number of hydrogen-bond donors (Lipinski definition) is 0. The number of rotatable bonds is 61. The number of hydrogen-bond acceptors (Lipinski definition) is 8. The van der Waals surface area contributed by atoms with E-state index < -0.39 is 26.5 Å². The highest BCUT2D eigenvalue weighted by molar-refractivity contribution is 7.45. The second-order valence-electron chi connectivity index (χ2n) is 23.5. The standard InChI is InChI=1S/C66H126NO8P/c1-6-8-10-12-14-16-18-20-22-24-26-27-28-29-30-31-32-33-34-35-36-37-38-39-41-43-45-47-49-51-53-55-57-59-66(69)75-64(63-74-76(70,71)73-61-60-67(3,4)5)62-72-65(68)58-56-54-52-50-48-46-44-42-40-25-23-21-19-17-15-13-11-9-7-2/h18,20,24,26,28-29,64H,6-17,19,21-23,25,27,30-63H2,1-5H3/b20-18-,26-24-,29-28-. The average molecular weight is 1090 g/mol. The van der Waals surface area contributed by atoms with Crippen molar-refractivity contribution in [3.05, 3.63) is 36.5 Å². The zero-order valence-corrected chi connectivity index (χ0v) is 51.9. The first-order valence-corrected chi connectivity index (χ1v) is 34.2. The summed E-state index contributed by atoms with van der Waals surface area (Å²) in [7, 11) is 1.18. The van der Waals surface area contributed by atoms with Gasteiger partial charge < -0.3 is 27.9 Å². The van der Waals surface area contributed by atoms with E-state index in [1.54, 1.807) is 0 Å². The lowest BCUT2D eigenvalue weighted by Gasteiger charge is -2.28. The minimum Gasteiger partial charge on any atom is -0.756 e. The van der Waals surface area contributed by atoms with E-state index in [0.29, 0.717) is 17.4 Å². The number of likely N-dealkylation sites (N-methyl/N-ethyl adjacent to an activating group) is 1. The Morgan fingerprint density at radius 3 is 1.05 bits per heavy atom. The predicted molar refractivity (Wildman–Crippen MR) is 324 cm³/mol. The van der Waals surface area contributed by atoms with E-state index in [0.717, 1.165) is 44.9 Å². The van der Waals surface area contributed by atoms with Crippen LogP contribution >= 0.6 is 7.82 Å². The molecule has 0 saturated carbocycles. The van der Waals surface area contributed by atoms with Crippen molar-refractivity contribution in [2.24, 2.45) is 0 Å². The van der Waals surface area contributed by atoms with Gasteiger partial charge in [0.25, 0.3) is 7.82 Å². The molecule has 0 aromatic heterocycles. The predicted octanol–water partition coefficient (Wildman–Crippen LogP) is 20.1. The number of carbonyl (C=O) groups is 2.